The minimum Gasteiger partial charge on any atom is -0.375 e. The molecule has 1 aromatic heterocycles. The summed E-state index contributed by atoms with van der Waals surface area (Å²) in [6.45, 7) is 7.46. The van der Waals surface area contributed by atoms with E-state index in [4.69, 9.17) is 9.84 Å². The molecule has 21 heavy (non-hydrogen) atoms. The lowest BCUT2D eigenvalue weighted by atomic mass is 9.89. The van der Waals surface area contributed by atoms with Crippen LogP contribution in [0.1, 0.15) is 74.5 Å². The van der Waals surface area contributed by atoms with E-state index in [2.05, 4.69) is 30.8 Å². The molecule has 4 nitrogen and oxygen atoms in total. The van der Waals surface area contributed by atoms with Gasteiger partial charge in [-0.2, -0.15) is 5.10 Å². The Balaban J connectivity index is 1.86. The molecule has 4 heteroatoms. The average molecular weight is 291 g/mol. The zero-order valence-electron chi connectivity index (χ0n) is 13.9. The molecule has 1 aromatic rings. The molecule has 118 valence electrons. The number of aryl methyl sites for hydroxylation is 1. The van der Waals surface area contributed by atoms with Crippen molar-refractivity contribution in [3.8, 4) is 0 Å². The van der Waals surface area contributed by atoms with Crippen LogP contribution in [0, 0.1) is 13.8 Å². The Morgan fingerprint density at radius 3 is 2.71 bits per heavy atom. The maximum Gasteiger partial charge on any atom is 0.0703 e. The summed E-state index contributed by atoms with van der Waals surface area (Å²) in [5.74, 6) is 0. The molecule has 0 amide bonds. The number of rotatable bonds is 3. The summed E-state index contributed by atoms with van der Waals surface area (Å²) in [6, 6.07) is 0.868. The van der Waals surface area contributed by atoms with E-state index >= 15 is 0 Å². The highest BCUT2D eigenvalue weighted by molar-refractivity contribution is 5.28. The first-order valence-corrected chi connectivity index (χ1v) is 8.43. The fourth-order valence-electron chi connectivity index (χ4n) is 4.38. The van der Waals surface area contributed by atoms with Gasteiger partial charge in [-0.25, -0.2) is 0 Å². The van der Waals surface area contributed by atoms with Gasteiger partial charge in [-0.1, -0.05) is 12.8 Å². The largest absolute Gasteiger partial charge is 0.375 e. The van der Waals surface area contributed by atoms with Crippen molar-refractivity contribution >= 4 is 0 Å². The smallest absolute Gasteiger partial charge is 0.0703 e. The highest BCUT2D eigenvalue weighted by Crippen LogP contribution is 2.44. The van der Waals surface area contributed by atoms with Crippen LogP contribution >= 0.6 is 0 Å². The van der Waals surface area contributed by atoms with Gasteiger partial charge in [-0.15, -0.1) is 0 Å². The SMILES string of the molecule is CNC(C)c1c(C)nn(C2CCOC3(CCCC3)C2)c1C. The Bertz CT molecular complexity index is 502. The second kappa shape index (κ2) is 5.73. The first kappa shape index (κ1) is 15.0. The standard InChI is InChI=1S/C17H29N3O/c1-12(18-4)16-13(2)19-20(14(16)3)15-7-10-21-17(11-15)8-5-6-9-17/h12,15,18H,5-11H2,1-4H3. The molecule has 1 aliphatic heterocycles. The predicted octanol–water partition coefficient (Wildman–Crippen LogP) is 3.44. The fraction of sp³-hybridized carbons (Fsp3) is 0.824. The summed E-state index contributed by atoms with van der Waals surface area (Å²) < 4.78 is 8.46. The van der Waals surface area contributed by atoms with Crippen LogP contribution in [0.3, 0.4) is 0 Å². The minimum absolute atomic E-state index is 0.157. The van der Waals surface area contributed by atoms with Gasteiger partial charge in [-0.3, -0.25) is 4.68 Å². The summed E-state index contributed by atoms with van der Waals surface area (Å²) in [5, 5.41) is 8.23. The number of nitrogens with one attached hydrogen (secondary N) is 1. The van der Waals surface area contributed by atoms with Gasteiger partial charge in [0.1, 0.15) is 0 Å². The molecule has 0 aromatic carbocycles. The molecule has 1 N–H and O–H groups in total. The summed E-state index contributed by atoms with van der Waals surface area (Å²) in [7, 11) is 2.02. The maximum atomic E-state index is 6.17. The Kier molecular flexibility index (Phi) is 4.10. The van der Waals surface area contributed by atoms with Gasteiger partial charge in [0.05, 0.1) is 17.3 Å². The van der Waals surface area contributed by atoms with E-state index in [0.29, 0.717) is 12.1 Å². The van der Waals surface area contributed by atoms with Crippen molar-refractivity contribution in [2.24, 2.45) is 0 Å². The van der Waals surface area contributed by atoms with Gasteiger partial charge in [-0.05, 0) is 53.5 Å². The molecule has 2 atom stereocenters. The van der Waals surface area contributed by atoms with Crippen molar-refractivity contribution in [3.63, 3.8) is 0 Å². The zero-order chi connectivity index (χ0) is 15.0. The quantitative estimate of drug-likeness (QED) is 0.927. The first-order chi connectivity index (χ1) is 10.1. The Morgan fingerprint density at radius 1 is 1.33 bits per heavy atom. The molecule has 1 saturated carbocycles. The number of nitrogens with zero attached hydrogens (tertiary/aromatic N) is 2. The van der Waals surface area contributed by atoms with Crippen LogP contribution < -0.4 is 5.32 Å². The molecular weight excluding hydrogens is 262 g/mol. The third-order valence-corrected chi connectivity index (χ3v) is 5.57. The number of hydrogen-bond donors (Lipinski definition) is 1. The van der Waals surface area contributed by atoms with Crippen LogP contribution in [0.4, 0.5) is 0 Å². The van der Waals surface area contributed by atoms with E-state index in [1.54, 1.807) is 0 Å². The Hall–Kier alpha value is -0.870. The molecule has 1 saturated heterocycles. The Labute approximate surface area is 128 Å². The number of aromatic nitrogens is 2. The van der Waals surface area contributed by atoms with Crippen LogP contribution in [0.25, 0.3) is 0 Å². The molecule has 1 spiro atoms. The molecule has 3 rings (SSSR count). The summed E-state index contributed by atoms with van der Waals surface area (Å²) in [6.07, 6.45) is 7.36. The van der Waals surface area contributed by atoms with Crippen molar-refractivity contribution < 1.29 is 4.74 Å². The third-order valence-electron chi connectivity index (χ3n) is 5.57. The maximum absolute atomic E-state index is 6.17. The molecule has 1 aliphatic carbocycles. The Morgan fingerprint density at radius 2 is 2.05 bits per heavy atom. The summed E-state index contributed by atoms with van der Waals surface area (Å²) in [5.41, 5.74) is 4.02. The number of hydrogen-bond acceptors (Lipinski definition) is 3. The van der Waals surface area contributed by atoms with Gasteiger partial charge in [0.15, 0.2) is 0 Å². The van der Waals surface area contributed by atoms with Gasteiger partial charge in [0.25, 0.3) is 0 Å². The molecule has 0 radical (unpaired) electrons. The lowest BCUT2D eigenvalue weighted by molar-refractivity contribution is -0.0912. The molecule has 0 bridgehead atoms. The van der Waals surface area contributed by atoms with Crippen LogP contribution in [0.5, 0.6) is 0 Å². The molecule has 2 heterocycles. The topological polar surface area (TPSA) is 39.1 Å². The predicted molar refractivity (Wildman–Crippen MR) is 84.6 cm³/mol. The van der Waals surface area contributed by atoms with Crippen molar-refractivity contribution in [2.45, 2.75) is 77.0 Å². The zero-order valence-corrected chi connectivity index (χ0v) is 13.9. The van der Waals surface area contributed by atoms with Crippen molar-refractivity contribution in [2.75, 3.05) is 13.7 Å². The van der Waals surface area contributed by atoms with E-state index in [-0.39, 0.29) is 5.60 Å². The molecule has 2 unspecified atom stereocenters. The highest BCUT2D eigenvalue weighted by atomic mass is 16.5. The average Bonchev–Trinajstić information content (AvgIpc) is 3.03. The second-order valence-corrected chi connectivity index (χ2v) is 6.92. The fourth-order valence-corrected chi connectivity index (χ4v) is 4.38. The van der Waals surface area contributed by atoms with Gasteiger partial charge in [0.2, 0.25) is 0 Å². The van der Waals surface area contributed by atoms with Crippen molar-refractivity contribution in [1.29, 1.82) is 0 Å². The van der Waals surface area contributed by atoms with Crippen LogP contribution in [-0.4, -0.2) is 29.0 Å². The minimum atomic E-state index is 0.157. The number of ether oxygens (including phenoxy) is 1. The van der Waals surface area contributed by atoms with Crippen LogP contribution in [0.15, 0.2) is 0 Å². The highest BCUT2D eigenvalue weighted by Gasteiger charge is 2.41. The van der Waals surface area contributed by atoms with Gasteiger partial charge in [0, 0.05) is 23.9 Å². The monoisotopic (exact) mass is 291 g/mol. The van der Waals surface area contributed by atoms with E-state index in [0.717, 1.165) is 19.4 Å². The van der Waals surface area contributed by atoms with Gasteiger partial charge < -0.3 is 10.1 Å². The van der Waals surface area contributed by atoms with E-state index in [1.807, 2.05) is 7.05 Å². The van der Waals surface area contributed by atoms with Gasteiger partial charge >= 0.3 is 0 Å². The van der Waals surface area contributed by atoms with Crippen LogP contribution in [0.2, 0.25) is 0 Å². The van der Waals surface area contributed by atoms with E-state index in [9.17, 15) is 0 Å². The van der Waals surface area contributed by atoms with Crippen molar-refractivity contribution in [3.05, 3.63) is 17.0 Å². The van der Waals surface area contributed by atoms with Crippen LogP contribution in [-0.2, 0) is 4.74 Å². The van der Waals surface area contributed by atoms with E-state index in [1.165, 1.54) is 42.6 Å². The molecule has 2 fully saturated rings. The molecule has 2 aliphatic rings. The van der Waals surface area contributed by atoms with Crippen molar-refractivity contribution in [1.82, 2.24) is 15.1 Å². The summed E-state index contributed by atoms with van der Waals surface area (Å²) >= 11 is 0. The lowest BCUT2D eigenvalue weighted by Crippen LogP contribution is -2.38. The first-order valence-electron chi connectivity index (χ1n) is 8.43. The normalized spacial score (nSPS) is 26.4. The lowest BCUT2D eigenvalue weighted by Gasteiger charge is -2.38. The molecular formula is C17H29N3O. The second-order valence-electron chi connectivity index (χ2n) is 6.92. The third kappa shape index (κ3) is 2.64. The summed E-state index contributed by atoms with van der Waals surface area (Å²) in [4.78, 5) is 0. The van der Waals surface area contributed by atoms with E-state index < -0.39 is 0 Å².